The first-order valence-corrected chi connectivity index (χ1v) is 11.7. The van der Waals surface area contributed by atoms with Crippen molar-refractivity contribution >= 4 is 34.8 Å². The molecule has 4 heterocycles. The van der Waals surface area contributed by atoms with Gasteiger partial charge in [-0.1, -0.05) is 12.2 Å². The van der Waals surface area contributed by atoms with Gasteiger partial charge in [-0.2, -0.15) is 0 Å². The summed E-state index contributed by atoms with van der Waals surface area (Å²) in [5, 5.41) is 2.86. The summed E-state index contributed by atoms with van der Waals surface area (Å²) >= 11 is 0. The van der Waals surface area contributed by atoms with Crippen LogP contribution in [0.5, 0.6) is 17.4 Å². The highest BCUT2D eigenvalue weighted by Gasteiger charge is 2.33. The molecule has 2 aromatic heterocycles. The summed E-state index contributed by atoms with van der Waals surface area (Å²) in [5.74, 6) is 1.66. The number of cyclic esters (lactones) is 1. The molecule has 10 heteroatoms. The van der Waals surface area contributed by atoms with E-state index in [9.17, 15) is 9.59 Å². The van der Waals surface area contributed by atoms with Crippen molar-refractivity contribution in [2.75, 3.05) is 38.3 Å². The van der Waals surface area contributed by atoms with E-state index in [4.69, 9.17) is 18.9 Å². The van der Waals surface area contributed by atoms with E-state index >= 15 is 0 Å². The summed E-state index contributed by atoms with van der Waals surface area (Å²) in [5.41, 5.74) is 3.05. The predicted molar refractivity (Wildman–Crippen MR) is 132 cm³/mol. The lowest BCUT2D eigenvalue weighted by Gasteiger charge is -2.21. The summed E-state index contributed by atoms with van der Waals surface area (Å²) in [7, 11) is 1.57. The Balaban J connectivity index is 1.10. The number of fused-ring (bicyclic) bond motifs is 2. The molecule has 5 rings (SSSR count). The Labute approximate surface area is 207 Å². The number of nitrogens with one attached hydrogen (secondary N) is 1. The topological polar surface area (TPSA) is 112 Å². The van der Waals surface area contributed by atoms with Crippen molar-refractivity contribution in [2.24, 2.45) is 0 Å². The largest absolute Gasteiger partial charge is 0.486 e. The molecule has 1 aromatic carbocycles. The smallest absolute Gasteiger partial charge is 0.414 e. The van der Waals surface area contributed by atoms with Crippen LogP contribution in [0.3, 0.4) is 0 Å². The van der Waals surface area contributed by atoms with E-state index in [1.807, 2.05) is 24.3 Å². The van der Waals surface area contributed by atoms with Crippen molar-refractivity contribution in [3.8, 4) is 17.4 Å². The Kier molecular flexibility index (Phi) is 6.83. The van der Waals surface area contributed by atoms with Crippen LogP contribution in [0.15, 0.2) is 48.7 Å². The zero-order chi connectivity index (χ0) is 24.9. The van der Waals surface area contributed by atoms with Crippen LogP contribution in [0, 0.1) is 0 Å². The van der Waals surface area contributed by atoms with Crippen LogP contribution in [0.4, 0.5) is 10.5 Å². The van der Waals surface area contributed by atoms with Gasteiger partial charge in [-0.15, -0.1) is 0 Å². The van der Waals surface area contributed by atoms with E-state index in [1.165, 1.54) is 0 Å². The van der Waals surface area contributed by atoms with Gasteiger partial charge in [-0.05, 0) is 30.7 Å². The highest BCUT2D eigenvalue weighted by atomic mass is 16.6. The molecule has 2 aliphatic heterocycles. The van der Waals surface area contributed by atoms with Gasteiger partial charge in [0.05, 0.1) is 30.4 Å². The fourth-order valence-corrected chi connectivity index (χ4v) is 4.10. The van der Waals surface area contributed by atoms with Gasteiger partial charge in [0, 0.05) is 36.9 Å². The van der Waals surface area contributed by atoms with Gasteiger partial charge in [-0.25, -0.2) is 9.78 Å². The summed E-state index contributed by atoms with van der Waals surface area (Å²) in [6, 6.07) is 10.8. The van der Waals surface area contributed by atoms with Gasteiger partial charge in [0.1, 0.15) is 19.3 Å². The average molecular weight is 491 g/mol. The number of rotatable bonds is 8. The fourth-order valence-electron chi connectivity index (χ4n) is 4.10. The first-order valence-electron chi connectivity index (χ1n) is 11.7. The normalized spacial score (nSPS) is 16.9. The molecule has 0 aliphatic carbocycles. The lowest BCUT2D eigenvalue weighted by atomic mass is 10.1. The number of amides is 2. The monoisotopic (exact) mass is 490 g/mol. The van der Waals surface area contributed by atoms with Gasteiger partial charge >= 0.3 is 6.09 Å². The molecule has 0 bridgehead atoms. The molecule has 0 spiro atoms. The van der Waals surface area contributed by atoms with Crippen LogP contribution >= 0.6 is 0 Å². The Morgan fingerprint density at radius 3 is 2.92 bits per heavy atom. The molecule has 186 valence electrons. The quantitative estimate of drug-likeness (QED) is 0.512. The molecule has 1 saturated heterocycles. The van der Waals surface area contributed by atoms with Crippen LogP contribution in [0.25, 0.3) is 17.1 Å². The molecule has 36 heavy (non-hydrogen) atoms. The molecule has 2 aliphatic rings. The van der Waals surface area contributed by atoms with Crippen LogP contribution < -0.4 is 24.4 Å². The molecule has 1 fully saturated rings. The number of pyridine rings is 2. The van der Waals surface area contributed by atoms with E-state index in [0.717, 1.165) is 16.6 Å². The number of aromatic nitrogens is 2. The number of benzene rings is 1. The van der Waals surface area contributed by atoms with Crippen LogP contribution in [-0.2, 0) is 9.53 Å². The highest BCUT2D eigenvalue weighted by molar-refractivity contribution is 5.90. The lowest BCUT2D eigenvalue weighted by Crippen LogP contribution is -2.26. The third-order valence-electron chi connectivity index (χ3n) is 5.92. The Bertz CT molecular complexity index is 1310. The minimum absolute atomic E-state index is 0.118. The molecule has 0 saturated carbocycles. The Morgan fingerprint density at radius 1 is 1.19 bits per heavy atom. The van der Waals surface area contributed by atoms with Crippen molar-refractivity contribution in [1.82, 2.24) is 15.3 Å². The fraction of sp³-hybridized carbons (Fsp3) is 0.308. The maximum atomic E-state index is 12.4. The maximum absolute atomic E-state index is 12.4. The van der Waals surface area contributed by atoms with Crippen molar-refractivity contribution in [3.63, 3.8) is 0 Å². The van der Waals surface area contributed by atoms with Crippen molar-refractivity contribution in [1.29, 1.82) is 0 Å². The molecule has 2 amide bonds. The summed E-state index contributed by atoms with van der Waals surface area (Å²) in [4.78, 5) is 35.0. The average Bonchev–Trinajstić information content (AvgIpc) is 3.29. The maximum Gasteiger partial charge on any atom is 0.414 e. The second-order valence-corrected chi connectivity index (χ2v) is 8.31. The number of ether oxygens (including phenoxy) is 4. The van der Waals surface area contributed by atoms with Gasteiger partial charge in [-0.3, -0.25) is 14.7 Å². The van der Waals surface area contributed by atoms with E-state index in [-0.39, 0.29) is 18.4 Å². The van der Waals surface area contributed by atoms with Crippen LogP contribution in [0.1, 0.15) is 18.4 Å². The summed E-state index contributed by atoms with van der Waals surface area (Å²) < 4.78 is 21.8. The number of methoxy groups -OCH3 is 1. The number of nitrogens with zero attached hydrogens (tertiary/aromatic N) is 3. The van der Waals surface area contributed by atoms with Gasteiger partial charge in [0.25, 0.3) is 0 Å². The second-order valence-electron chi connectivity index (χ2n) is 8.31. The first kappa shape index (κ1) is 23.4. The Morgan fingerprint density at radius 2 is 2.06 bits per heavy atom. The van der Waals surface area contributed by atoms with E-state index in [0.29, 0.717) is 55.8 Å². The van der Waals surface area contributed by atoms with Crippen molar-refractivity contribution in [3.05, 3.63) is 54.2 Å². The highest BCUT2D eigenvalue weighted by Crippen LogP contribution is 2.35. The first-order chi connectivity index (χ1) is 17.6. The molecule has 1 atom stereocenters. The third kappa shape index (κ3) is 5.17. The zero-order valence-electron chi connectivity index (χ0n) is 19.8. The number of hydrogen-bond acceptors (Lipinski definition) is 8. The van der Waals surface area contributed by atoms with Gasteiger partial charge in [0.15, 0.2) is 11.5 Å². The molecule has 0 unspecified atom stereocenters. The minimum atomic E-state index is -0.435. The second kappa shape index (κ2) is 10.5. The molecule has 0 radical (unpaired) electrons. The van der Waals surface area contributed by atoms with E-state index < -0.39 is 6.09 Å². The minimum Gasteiger partial charge on any atom is -0.486 e. The molecular formula is C26H26N4O6. The Hall–Kier alpha value is -4.34. The number of hydrogen-bond donors (Lipinski definition) is 1. The number of anilines is 1. The predicted octanol–water partition coefficient (Wildman–Crippen LogP) is 3.34. The lowest BCUT2D eigenvalue weighted by molar-refractivity contribution is -0.121. The molecule has 1 N–H and O–H groups in total. The van der Waals surface area contributed by atoms with E-state index in [1.54, 1.807) is 42.5 Å². The van der Waals surface area contributed by atoms with Gasteiger partial charge in [0.2, 0.25) is 11.8 Å². The standard InChI is InChI=1S/C26H26N4O6/c1-33-24-9-6-20-25(29-24)17(10-12-27-20)3-2-11-28-23(31)8-5-19-16-30(26(32)36-19)18-4-7-21-22(15-18)35-14-13-34-21/h2-4,6-7,9-10,12,15,19H,5,8,11,13-14,16H2,1H3,(H,28,31)/b3-2+/t19-/m1/s1. The SMILES string of the molecule is COc1ccc2nccc(/C=C/CNC(=O)CC[C@@H]3CN(c4ccc5c(c4)OCCO5)C(=O)O3)c2n1. The van der Waals surface area contributed by atoms with Gasteiger partial charge < -0.3 is 24.3 Å². The number of carbonyl (C=O) groups excluding carboxylic acids is 2. The van der Waals surface area contributed by atoms with Crippen LogP contribution in [0.2, 0.25) is 0 Å². The van der Waals surface area contributed by atoms with Crippen LogP contribution in [-0.4, -0.2) is 61.5 Å². The van der Waals surface area contributed by atoms with E-state index in [2.05, 4.69) is 15.3 Å². The molecule has 3 aromatic rings. The third-order valence-corrected chi connectivity index (χ3v) is 5.92. The van der Waals surface area contributed by atoms with Crippen molar-refractivity contribution in [2.45, 2.75) is 18.9 Å². The molecular weight excluding hydrogens is 464 g/mol. The zero-order valence-corrected chi connectivity index (χ0v) is 19.8. The summed E-state index contributed by atoms with van der Waals surface area (Å²) in [6.07, 6.45) is 5.34. The summed E-state index contributed by atoms with van der Waals surface area (Å²) in [6.45, 7) is 1.71. The molecule has 10 nitrogen and oxygen atoms in total. The number of carbonyl (C=O) groups is 2. The van der Waals surface area contributed by atoms with Crippen molar-refractivity contribution < 1.29 is 28.5 Å².